The molecule has 29 heavy (non-hydrogen) atoms. The number of methoxy groups -OCH3 is 1. The van der Waals surface area contributed by atoms with Gasteiger partial charge in [0.2, 0.25) is 5.88 Å². The SMILES string of the molecule is CCc1c(C(=O)Nc2ccc(/C=C/C(=O)O)cc2)cnn1-c1ccc(OC)nn1. The van der Waals surface area contributed by atoms with Crippen LogP contribution >= 0.6 is 0 Å². The lowest BCUT2D eigenvalue weighted by molar-refractivity contribution is -0.131. The Morgan fingerprint density at radius 3 is 2.52 bits per heavy atom. The normalized spacial score (nSPS) is 10.8. The number of aliphatic carboxylic acids is 1. The van der Waals surface area contributed by atoms with Crippen LogP contribution in [0, 0.1) is 0 Å². The van der Waals surface area contributed by atoms with Crippen LogP contribution in [0.5, 0.6) is 5.88 Å². The molecule has 0 saturated heterocycles. The van der Waals surface area contributed by atoms with Gasteiger partial charge in [-0.1, -0.05) is 19.1 Å². The van der Waals surface area contributed by atoms with Crippen molar-refractivity contribution < 1.29 is 19.4 Å². The van der Waals surface area contributed by atoms with Crippen LogP contribution in [-0.4, -0.2) is 44.1 Å². The van der Waals surface area contributed by atoms with E-state index in [0.717, 1.165) is 6.08 Å². The van der Waals surface area contributed by atoms with E-state index >= 15 is 0 Å². The molecular formula is C20H19N5O4. The summed E-state index contributed by atoms with van der Waals surface area (Å²) in [6.45, 7) is 1.92. The van der Waals surface area contributed by atoms with Crippen LogP contribution in [0.25, 0.3) is 11.9 Å². The van der Waals surface area contributed by atoms with E-state index in [4.69, 9.17) is 9.84 Å². The number of carboxylic acid groups (broad SMARTS) is 1. The summed E-state index contributed by atoms with van der Waals surface area (Å²) in [4.78, 5) is 23.3. The third-order valence-corrected chi connectivity index (χ3v) is 4.09. The number of carbonyl (C=O) groups is 2. The Kier molecular flexibility index (Phi) is 5.98. The highest BCUT2D eigenvalue weighted by molar-refractivity contribution is 6.05. The maximum atomic E-state index is 12.7. The Morgan fingerprint density at radius 2 is 1.93 bits per heavy atom. The molecule has 0 aliphatic carbocycles. The number of carbonyl (C=O) groups excluding carboxylic acids is 1. The van der Waals surface area contributed by atoms with E-state index in [1.165, 1.54) is 19.4 Å². The van der Waals surface area contributed by atoms with Crippen molar-refractivity contribution in [2.24, 2.45) is 0 Å². The van der Waals surface area contributed by atoms with E-state index < -0.39 is 5.97 Å². The summed E-state index contributed by atoms with van der Waals surface area (Å²) < 4.78 is 6.58. The molecule has 0 aliphatic heterocycles. The second-order valence-electron chi connectivity index (χ2n) is 5.95. The van der Waals surface area contributed by atoms with Crippen molar-refractivity contribution in [1.82, 2.24) is 20.0 Å². The van der Waals surface area contributed by atoms with E-state index in [1.807, 2.05) is 6.92 Å². The fourth-order valence-corrected chi connectivity index (χ4v) is 2.68. The van der Waals surface area contributed by atoms with E-state index in [2.05, 4.69) is 20.6 Å². The highest BCUT2D eigenvalue weighted by atomic mass is 16.5. The van der Waals surface area contributed by atoms with Crippen molar-refractivity contribution in [3.8, 4) is 11.7 Å². The molecule has 2 N–H and O–H groups in total. The van der Waals surface area contributed by atoms with E-state index in [9.17, 15) is 9.59 Å². The minimum absolute atomic E-state index is 0.302. The smallest absolute Gasteiger partial charge is 0.328 e. The average Bonchev–Trinajstić information content (AvgIpc) is 3.17. The zero-order valence-corrected chi connectivity index (χ0v) is 15.9. The Balaban J connectivity index is 1.79. The fraction of sp³-hybridized carbons (Fsp3) is 0.150. The summed E-state index contributed by atoms with van der Waals surface area (Å²) in [6, 6.07) is 10.2. The molecule has 0 saturated carbocycles. The Hall–Kier alpha value is -4.01. The number of nitrogens with zero attached hydrogens (tertiary/aromatic N) is 4. The lowest BCUT2D eigenvalue weighted by atomic mass is 10.1. The molecule has 2 aromatic heterocycles. The van der Waals surface area contributed by atoms with Crippen molar-refractivity contribution >= 4 is 23.6 Å². The number of aromatic nitrogens is 4. The molecule has 0 bridgehead atoms. The molecule has 9 nitrogen and oxygen atoms in total. The number of hydrogen-bond donors (Lipinski definition) is 2. The third kappa shape index (κ3) is 4.64. The van der Waals surface area contributed by atoms with Gasteiger partial charge in [0.1, 0.15) is 0 Å². The topological polar surface area (TPSA) is 119 Å². The van der Waals surface area contributed by atoms with Gasteiger partial charge in [-0.05, 0) is 36.3 Å². The molecule has 0 fully saturated rings. The zero-order chi connectivity index (χ0) is 20.8. The zero-order valence-electron chi connectivity index (χ0n) is 15.9. The largest absolute Gasteiger partial charge is 0.480 e. The van der Waals surface area contributed by atoms with Crippen LogP contribution in [-0.2, 0) is 11.2 Å². The van der Waals surface area contributed by atoms with Crippen LogP contribution in [0.4, 0.5) is 5.69 Å². The summed E-state index contributed by atoms with van der Waals surface area (Å²) >= 11 is 0. The predicted octanol–water partition coefficient (Wildman–Crippen LogP) is 2.58. The molecule has 1 amide bonds. The van der Waals surface area contributed by atoms with Gasteiger partial charge in [-0.3, -0.25) is 4.79 Å². The molecule has 9 heteroatoms. The van der Waals surface area contributed by atoms with Gasteiger partial charge in [0.15, 0.2) is 5.82 Å². The van der Waals surface area contributed by atoms with Gasteiger partial charge >= 0.3 is 5.97 Å². The molecule has 3 aromatic rings. The minimum Gasteiger partial charge on any atom is -0.480 e. The first-order valence-electron chi connectivity index (χ1n) is 8.79. The van der Waals surface area contributed by atoms with Gasteiger partial charge in [0, 0.05) is 17.8 Å². The maximum absolute atomic E-state index is 12.7. The third-order valence-electron chi connectivity index (χ3n) is 4.09. The van der Waals surface area contributed by atoms with Crippen LogP contribution in [0.3, 0.4) is 0 Å². The molecule has 0 radical (unpaired) electrons. The van der Waals surface area contributed by atoms with Gasteiger partial charge in [-0.25, -0.2) is 9.48 Å². The highest BCUT2D eigenvalue weighted by Gasteiger charge is 2.18. The number of nitrogens with one attached hydrogen (secondary N) is 1. The molecule has 1 aromatic carbocycles. The molecule has 148 valence electrons. The first-order chi connectivity index (χ1) is 14.0. The van der Waals surface area contributed by atoms with E-state index in [-0.39, 0.29) is 5.91 Å². The number of ether oxygens (including phenoxy) is 1. The van der Waals surface area contributed by atoms with Crippen LogP contribution in [0.1, 0.15) is 28.5 Å². The minimum atomic E-state index is -1.02. The van der Waals surface area contributed by atoms with Crippen molar-refractivity contribution in [3.05, 3.63) is 65.5 Å². The quantitative estimate of drug-likeness (QED) is 0.592. The fourth-order valence-electron chi connectivity index (χ4n) is 2.68. The second kappa shape index (κ2) is 8.79. The summed E-state index contributed by atoms with van der Waals surface area (Å²) in [5.41, 5.74) is 2.43. The van der Waals surface area contributed by atoms with Gasteiger partial charge in [-0.2, -0.15) is 5.10 Å². The van der Waals surface area contributed by atoms with Crippen molar-refractivity contribution in [2.45, 2.75) is 13.3 Å². The maximum Gasteiger partial charge on any atom is 0.328 e. The number of amides is 1. The van der Waals surface area contributed by atoms with Gasteiger partial charge < -0.3 is 15.2 Å². The molecular weight excluding hydrogens is 374 g/mol. The monoisotopic (exact) mass is 393 g/mol. The van der Waals surface area contributed by atoms with Crippen LogP contribution in [0.2, 0.25) is 0 Å². The van der Waals surface area contributed by atoms with Crippen molar-refractivity contribution in [2.75, 3.05) is 12.4 Å². The van der Waals surface area contributed by atoms with Crippen LogP contribution < -0.4 is 10.1 Å². The summed E-state index contributed by atoms with van der Waals surface area (Å²) in [7, 11) is 1.51. The van der Waals surface area contributed by atoms with Gasteiger partial charge in [0.25, 0.3) is 5.91 Å². The Bertz CT molecular complexity index is 1040. The van der Waals surface area contributed by atoms with Gasteiger partial charge in [-0.15, -0.1) is 10.2 Å². The number of anilines is 1. The number of hydrogen-bond acceptors (Lipinski definition) is 6. The van der Waals surface area contributed by atoms with Crippen LogP contribution in [0.15, 0.2) is 48.7 Å². The summed E-state index contributed by atoms with van der Waals surface area (Å²) in [6.07, 6.45) is 4.58. The molecule has 2 heterocycles. The molecule has 0 spiro atoms. The summed E-state index contributed by atoms with van der Waals surface area (Å²) in [5, 5.41) is 23.8. The highest BCUT2D eigenvalue weighted by Crippen LogP contribution is 2.18. The lowest BCUT2D eigenvalue weighted by Gasteiger charge is -2.08. The van der Waals surface area contributed by atoms with Crippen molar-refractivity contribution in [3.63, 3.8) is 0 Å². The van der Waals surface area contributed by atoms with E-state index in [0.29, 0.717) is 40.6 Å². The number of benzene rings is 1. The predicted molar refractivity (Wildman–Crippen MR) is 106 cm³/mol. The first kappa shape index (κ1) is 19.7. The van der Waals surface area contributed by atoms with E-state index in [1.54, 1.807) is 41.1 Å². The average molecular weight is 393 g/mol. The van der Waals surface area contributed by atoms with Crippen molar-refractivity contribution in [1.29, 1.82) is 0 Å². The molecule has 0 unspecified atom stereocenters. The van der Waals surface area contributed by atoms with Gasteiger partial charge in [0.05, 0.1) is 24.6 Å². The first-order valence-corrected chi connectivity index (χ1v) is 8.79. The number of rotatable bonds is 7. The summed E-state index contributed by atoms with van der Waals surface area (Å²) in [5.74, 6) is -0.453. The standard InChI is InChI=1S/C20H19N5O4/c1-3-16-15(12-21-25(16)17-9-10-18(29-2)24-23-17)20(28)22-14-7-4-13(5-8-14)6-11-19(26)27/h4-12H,3H2,1-2H3,(H,22,28)(H,26,27)/b11-6+. The molecule has 3 rings (SSSR count). The Morgan fingerprint density at radius 1 is 1.17 bits per heavy atom. The molecule has 0 aliphatic rings. The Labute approximate surface area is 166 Å². The molecule has 0 atom stereocenters. The number of carboxylic acids is 1. The lowest BCUT2D eigenvalue weighted by Crippen LogP contribution is -2.14. The second-order valence-corrected chi connectivity index (χ2v) is 5.95.